The minimum atomic E-state index is -0.107. The molecule has 0 aliphatic heterocycles. The fourth-order valence-electron chi connectivity index (χ4n) is 3.44. The predicted molar refractivity (Wildman–Crippen MR) is 114 cm³/mol. The number of carbonyl (C=O) groups is 1. The van der Waals surface area contributed by atoms with Crippen molar-refractivity contribution in [3.63, 3.8) is 0 Å². The average Bonchev–Trinajstić information content (AvgIpc) is 3.16. The molecule has 4 rings (SSSR count). The third-order valence-electron chi connectivity index (χ3n) is 4.78. The summed E-state index contributed by atoms with van der Waals surface area (Å²) in [4.78, 5) is 12.8. The van der Waals surface area contributed by atoms with Gasteiger partial charge in [0, 0.05) is 28.0 Å². The van der Waals surface area contributed by atoms with Gasteiger partial charge in [-0.2, -0.15) is 5.10 Å². The molecule has 0 spiro atoms. The lowest BCUT2D eigenvalue weighted by Crippen LogP contribution is -2.17. The van der Waals surface area contributed by atoms with E-state index in [1.165, 1.54) is 0 Å². The molecule has 2 aromatic carbocycles. The summed E-state index contributed by atoms with van der Waals surface area (Å²) < 4.78 is 8.33. The molecule has 0 unspecified atom stereocenters. The Bertz CT molecular complexity index is 1170. The van der Waals surface area contributed by atoms with E-state index in [4.69, 9.17) is 4.42 Å². The number of aryl methyl sites for hydroxylation is 3. The first-order valence-electron chi connectivity index (χ1n) is 8.98. The lowest BCUT2D eigenvalue weighted by atomic mass is 10.1. The lowest BCUT2D eigenvalue weighted by molar-refractivity contribution is -0.115. The van der Waals surface area contributed by atoms with Crippen LogP contribution < -0.4 is 5.32 Å². The zero-order chi connectivity index (χ0) is 19.8. The molecule has 2 heterocycles. The highest BCUT2D eigenvalue weighted by atomic mass is 79.9. The van der Waals surface area contributed by atoms with Crippen LogP contribution in [0.4, 0.5) is 5.82 Å². The van der Waals surface area contributed by atoms with Crippen molar-refractivity contribution in [3.05, 3.63) is 70.0 Å². The van der Waals surface area contributed by atoms with Crippen LogP contribution in [0.2, 0.25) is 0 Å². The zero-order valence-corrected chi connectivity index (χ0v) is 17.5. The molecule has 0 saturated carbocycles. The number of nitrogens with zero attached hydrogens (tertiary/aromatic N) is 2. The van der Waals surface area contributed by atoms with Gasteiger partial charge in [0.15, 0.2) is 0 Å². The maximum absolute atomic E-state index is 12.8. The maximum atomic E-state index is 12.8. The molecule has 1 amide bonds. The van der Waals surface area contributed by atoms with Crippen LogP contribution in [-0.2, 0) is 18.3 Å². The molecule has 0 atom stereocenters. The number of aromatic nitrogens is 2. The van der Waals surface area contributed by atoms with E-state index in [2.05, 4.69) is 26.3 Å². The molecule has 0 aliphatic rings. The number of amides is 1. The second kappa shape index (κ2) is 7.28. The normalized spacial score (nSPS) is 11.1. The number of fused-ring (bicyclic) bond motifs is 1. The monoisotopic (exact) mass is 437 g/mol. The summed E-state index contributed by atoms with van der Waals surface area (Å²) in [5.41, 5.74) is 5.60. The first kappa shape index (κ1) is 18.5. The van der Waals surface area contributed by atoms with E-state index >= 15 is 0 Å². The Kier molecular flexibility index (Phi) is 4.81. The minimum Gasteiger partial charge on any atom is -0.464 e. The fourth-order valence-corrected chi connectivity index (χ4v) is 3.70. The highest BCUT2D eigenvalue weighted by Crippen LogP contribution is 2.32. The van der Waals surface area contributed by atoms with Crippen LogP contribution in [0.15, 0.2) is 57.6 Å². The van der Waals surface area contributed by atoms with Crippen LogP contribution in [-0.4, -0.2) is 15.7 Å². The van der Waals surface area contributed by atoms with E-state index in [1.54, 1.807) is 10.9 Å². The van der Waals surface area contributed by atoms with Crippen molar-refractivity contribution in [2.75, 3.05) is 5.32 Å². The van der Waals surface area contributed by atoms with Crippen LogP contribution >= 0.6 is 15.9 Å². The van der Waals surface area contributed by atoms with E-state index in [0.717, 1.165) is 43.4 Å². The van der Waals surface area contributed by atoms with E-state index < -0.39 is 0 Å². The van der Waals surface area contributed by atoms with E-state index in [1.807, 2.05) is 63.4 Å². The summed E-state index contributed by atoms with van der Waals surface area (Å²) in [5, 5.41) is 8.49. The fraction of sp³-hybridized carbons (Fsp3) is 0.182. The number of furan rings is 1. The molecule has 0 saturated heterocycles. The third-order valence-corrected chi connectivity index (χ3v) is 5.30. The highest BCUT2D eigenvalue weighted by molar-refractivity contribution is 9.10. The Morgan fingerprint density at radius 1 is 1.18 bits per heavy atom. The van der Waals surface area contributed by atoms with Gasteiger partial charge < -0.3 is 9.73 Å². The summed E-state index contributed by atoms with van der Waals surface area (Å²) >= 11 is 3.46. The van der Waals surface area contributed by atoms with Crippen LogP contribution in [0.25, 0.3) is 22.1 Å². The molecule has 0 fully saturated rings. The van der Waals surface area contributed by atoms with Crippen molar-refractivity contribution in [3.8, 4) is 11.1 Å². The molecule has 5 nitrogen and oxygen atoms in total. The van der Waals surface area contributed by atoms with Crippen molar-refractivity contribution < 1.29 is 9.21 Å². The van der Waals surface area contributed by atoms with Crippen molar-refractivity contribution in [2.24, 2.45) is 7.05 Å². The number of rotatable bonds is 4. The molecule has 142 valence electrons. The van der Waals surface area contributed by atoms with Gasteiger partial charge in [0.05, 0.1) is 18.4 Å². The molecule has 0 aliphatic carbocycles. The summed E-state index contributed by atoms with van der Waals surface area (Å²) in [6.45, 7) is 3.96. The quantitative estimate of drug-likeness (QED) is 0.465. The molecule has 2 aromatic heterocycles. The van der Waals surface area contributed by atoms with E-state index in [9.17, 15) is 4.79 Å². The largest absolute Gasteiger partial charge is 0.464 e. The summed E-state index contributed by atoms with van der Waals surface area (Å²) in [6, 6.07) is 14.0. The summed E-state index contributed by atoms with van der Waals surface area (Å²) in [6.07, 6.45) is 1.90. The van der Waals surface area contributed by atoms with Gasteiger partial charge in [-0.05, 0) is 43.2 Å². The number of carbonyl (C=O) groups excluding carboxylic acids is 1. The topological polar surface area (TPSA) is 60.1 Å². The molecule has 1 N–H and O–H groups in total. The highest BCUT2D eigenvalue weighted by Gasteiger charge is 2.18. The maximum Gasteiger partial charge on any atom is 0.230 e. The van der Waals surface area contributed by atoms with Gasteiger partial charge in [0.2, 0.25) is 5.91 Å². The van der Waals surface area contributed by atoms with Crippen LogP contribution in [0.5, 0.6) is 0 Å². The first-order chi connectivity index (χ1) is 13.4. The van der Waals surface area contributed by atoms with Crippen molar-refractivity contribution in [1.29, 1.82) is 0 Å². The van der Waals surface area contributed by atoms with Gasteiger partial charge in [-0.3, -0.25) is 9.48 Å². The number of anilines is 1. The van der Waals surface area contributed by atoms with Gasteiger partial charge >= 0.3 is 0 Å². The Hall–Kier alpha value is -2.86. The van der Waals surface area contributed by atoms with Crippen molar-refractivity contribution in [1.82, 2.24) is 9.78 Å². The van der Waals surface area contributed by atoms with Crippen LogP contribution in [0, 0.1) is 13.8 Å². The second-order valence-corrected chi connectivity index (χ2v) is 7.84. The predicted octanol–water partition coefficient (Wildman–Crippen LogP) is 5.39. The summed E-state index contributed by atoms with van der Waals surface area (Å²) in [7, 11) is 1.83. The number of hydrogen-bond donors (Lipinski definition) is 1. The number of hydrogen-bond acceptors (Lipinski definition) is 3. The SMILES string of the molecule is Cc1ccc2c(CC(=O)Nc3c(-c4ccc(Br)cc4)c(C)nn3C)coc2c1. The number of nitrogens with one attached hydrogen (secondary N) is 1. The standard InChI is InChI=1S/C22H20BrN3O2/c1-13-4-9-18-16(12-28-19(18)10-13)11-20(27)24-22-21(14(2)25-26(22)3)15-5-7-17(23)8-6-15/h4-10,12H,11H2,1-3H3,(H,24,27). The molecule has 4 aromatic rings. The summed E-state index contributed by atoms with van der Waals surface area (Å²) in [5.74, 6) is 0.582. The van der Waals surface area contributed by atoms with Gasteiger partial charge in [0.25, 0.3) is 0 Å². The molecule has 0 bridgehead atoms. The van der Waals surface area contributed by atoms with Crippen molar-refractivity contribution >= 4 is 38.6 Å². The Morgan fingerprint density at radius 3 is 2.68 bits per heavy atom. The lowest BCUT2D eigenvalue weighted by Gasteiger charge is -2.09. The van der Waals surface area contributed by atoms with Gasteiger partial charge in [-0.15, -0.1) is 0 Å². The van der Waals surface area contributed by atoms with Gasteiger partial charge in [-0.25, -0.2) is 0 Å². The number of halogens is 1. The Balaban J connectivity index is 1.62. The third kappa shape index (κ3) is 3.47. The Morgan fingerprint density at radius 2 is 1.93 bits per heavy atom. The smallest absolute Gasteiger partial charge is 0.230 e. The second-order valence-electron chi connectivity index (χ2n) is 6.93. The van der Waals surface area contributed by atoms with E-state index in [0.29, 0.717) is 5.82 Å². The van der Waals surface area contributed by atoms with Crippen LogP contribution in [0.1, 0.15) is 16.8 Å². The van der Waals surface area contributed by atoms with E-state index in [-0.39, 0.29) is 12.3 Å². The average molecular weight is 438 g/mol. The zero-order valence-electron chi connectivity index (χ0n) is 15.9. The first-order valence-corrected chi connectivity index (χ1v) is 9.78. The minimum absolute atomic E-state index is 0.107. The van der Waals surface area contributed by atoms with Gasteiger partial charge in [0.1, 0.15) is 11.4 Å². The van der Waals surface area contributed by atoms with Crippen LogP contribution in [0.3, 0.4) is 0 Å². The molecule has 0 radical (unpaired) electrons. The molecular weight excluding hydrogens is 418 g/mol. The molecular formula is C22H20BrN3O2. The van der Waals surface area contributed by atoms with Crippen molar-refractivity contribution in [2.45, 2.75) is 20.3 Å². The molecule has 6 heteroatoms. The Labute approximate surface area is 171 Å². The van der Waals surface area contributed by atoms with Gasteiger partial charge in [-0.1, -0.05) is 40.2 Å². The molecule has 28 heavy (non-hydrogen) atoms. The number of benzene rings is 2.